The number of nitrogens with zero attached hydrogens (tertiary/aromatic N) is 2. The third kappa shape index (κ3) is 1.43. The molecule has 4 nitrogen and oxygen atoms in total. The fourth-order valence-electron chi connectivity index (χ4n) is 1.42. The summed E-state index contributed by atoms with van der Waals surface area (Å²) in [5.41, 5.74) is 7.58. The lowest BCUT2D eigenvalue weighted by atomic mass is 10.1. The Morgan fingerprint density at radius 1 is 1.64 bits per heavy atom. The molecule has 0 saturated carbocycles. The van der Waals surface area contributed by atoms with Crippen molar-refractivity contribution in [2.75, 3.05) is 6.61 Å². The minimum atomic E-state index is -0.359. The molecule has 0 aromatic carbocycles. The van der Waals surface area contributed by atoms with Crippen LogP contribution in [0.2, 0.25) is 0 Å². The summed E-state index contributed by atoms with van der Waals surface area (Å²) in [4.78, 5) is 4.12. The van der Waals surface area contributed by atoms with E-state index in [0.717, 1.165) is 15.8 Å². The van der Waals surface area contributed by atoms with Gasteiger partial charge in [0.05, 0.1) is 24.4 Å². The van der Waals surface area contributed by atoms with Gasteiger partial charge in [0.2, 0.25) is 0 Å². The average Bonchev–Trinajstić information content (AvgIpc) is 2.59. The molecule has 0 bridgehead atoms. The number of nitrogens with two attached hydrogens (primary N) is 1. The predicted molar refractivity (Wildman–Crippen MR) is 56.9 cm³/mol. The van der Waals surface area contributed by atoms with Crippen LogP contribution in [-0.4, -0.2) is 21.1 Å². The molecule has 2 rings (SSSR count). The van der Waals surface area contributed by atoms with Gasteiger partial charge in [-0.2, -0.15) is 0 Å². The molecule has 0 fully saturated rings. The number of rotatable bonds is 2. The van der Waals surface area contributed by atoms with Crippen LogP contribution in [0.5, 0.6) is 0 Å². The highest BCUT2D eigenvalue weighted by molar-refractivity contribution is 9.10. The first-order valence-corrected chi connectivity index (χ1v) is 5.01. The molecule has 14 heavy (non-hydrogen) atoms. The Morgan fingerprint density at radius 3 is 3.14 bits per heavy atom. The van der Waals surface area contributed by atoms with Crippen molar-refractivity contribution in [3.63, 3.8) is 0 Å². The van der Waals surface area contributed by atoms with Gasteiger partial charge in [-0.1, -0.05) is 6.07 Å². The Hall–Kier alpha value is -0.910. The number of hydrogen-bond acceptors (Lipinski definition) is 3. The fraction of sp³-hybridized carbons (Fsp3) is 0.222. The lowest BCUT2D eigenvalue weighted by Crippen LogP contribution is -2.15. The van der Waals surface area contributed by atoms with Crippen LogP contribution in [-0.2, 0) is 0 Å². The molecule has 0 spiro atoms. The van der Waals surface area contributed by atoms with Gasteiger partial charge in [0.25, 0.3) is 0 Å². The summed E-state index contributed by atoms with van der Waals surface area (Å²) in [7, 11) is 0. The van der Waals surface area contributed by atoms with Gasteiger partial charge in [-0.3, -0.25) is 4.40 Å². The quantitative estimate of drug-likeness (QED) is 0.845. The highest BCUT2D eigenvalue weighted by Gasteiger charge is 2.10. The molecule has 0 aliphatic carbocycles. The molecule has 2 aromatic heterocycles. The van der Waals surface area contributed by atoms with Crippen LogP contribution < -0.4 is 5.73 Å². The van der Waals surface area contributed by atoms with Gasteiger partial charge in [0, 0.05) is 6.20 Å². The van der Waals surface area contributed by atoms with Gasteiger partial charge in [-0.15, -0.1) is 0 Å². The molecule has 3 N–H and O–H groups in total. The molecule has 0 saturated heterocycles. The molecule has 1 atom stereocenters. The maximum absolute atomic E-state index is 8.99. The van der Waals surface area contributed by atoms with E-state index in [4.69, 9.17) is 10.8 Å². The smallest absolute Gasteiger partial charge is 0.181 e. The number of hydrogen-bond donors (Lipinski definition) is 2. The SMILES string of the molecule is NC(CO)c1cccn2c(Br)ncc12. The van der Waals surface area contributed by atoms with Crippen molar-refractivity contribution in [3.8, 4) is 0 Å². The molecular formula is C9H10BrN3O. The molecule has 0 aliphatic heterocycles. The van der Waals surface area contributed by atoms with Gasteiger partial charge in [-0.05, 0) is 27.6 Å². The second-order valence-electron chi connectivity index (χ2n) is 3.04. The van der Waals surface area contributed by atoms with Gasteiger partial charge in [0.15, 0.2) is 4.73 Å². The molecule has 1 unspecified atom stereocenters. The second-order valence-corrected chi connectivity index (χ2v) is 3.74. The zero-order chi connectivity index (χ0) is 10.1. The molecule has 0 amide bonds. The molecule has 2 aromatic rings. The molecule has 5 heteroatoms. The summed E-state index contributed by atoms with van der Waals surface area (Å²) in [5, 5.41) is 8.99. The molecule has 0 aliphatic rings. The number of aromatic nitrogens is 2. The summed E-state index contributed by atoms with van der Waals surface area (Å²) in [6.07, 6.45) is 3.62. The Bertz CT molecular complexity index is 454. The largest absolute Gasteiger partial charge is 0.394 e. The van der Waals surface area contributed by atoms with Crippen molar-refractivity contribution < 1.29 is 5.11 Å². The zero-order valence-corrected chi connectivity index (χ0v) is 8.98. The van der Waals surface area contributed by atoms with Crippen LogP contribution in [0.4, 0.5) is 0 Å². The average molecular weight is 256 g/mol. The van der Waals surface area contributed by atoms with Crippen LogP contribution in [0.25, 0.3) is 5.52 Å². The van der Waals surface area contributed by atoms with E-state index in [9.17, 15) is 0 Å². The summed E-state index contributed by atoms with van der Waals surface area (Å²) < 4.78 is 2.62. The Labute approximate surface area is 89.5 Å². The van der Waals surface area contributed by atoms with Crippen molar-refractivity contribution in [1.82, 2.24) is 9.38 Å². The van der Waals surface area contributed by atoms with Crippen LogP contribution >= 0.6 is 15.9 Å². The number of fused-ring (bicyclic) bond motifs is 1. The van der Waals surface area contributed by atoms with Gasteiger partial charge in [0.1, 0.15) is 0 Å². The summed E-state index contributed by atoms with van der Waals surface area (Å²) in [6, 6.07) is 3.41. The van der Waals surface area contributed by atoms with Crippen molar-refractivity contribution >= 4 is 21.4 Å². The lowest BCUT2D eigenvalue weighted by Gasteiger charge is -2.09. The normalized spacial score (nSPS) is 13.4. The fourth-order valence-corrected chi connectivity index (χ4v) is 1.84. The zero-order valence-electron chi connectivity index (χ0n) is 7.39. The molecular weight excluding hydrogens is 246 g/mol. The first kappa shape index (κ1) is 9.64. The number of pyridine rings is 1. The predicted octanol–water partition coefficient (Wildman–Crippen LogP) is 1.09. The van der Waals surface area contributed by atoms with Crippen molar-refractivity contribution in [3.05, 3.63) is 34.8 Å². The Kier molecular flexibility index (Phi) is 2.54. The van der Waals surface area contributed by atoms with Crippen LogP contribution in [0.15, 0.2) is 29.3 Å². The highest BCUT2D eigenvalue weighted by Crippen LogP contribution is 2.20. The van der Waals surface area contributed by atoms with Crippen molar-refractivity contribution in [2.24, 2.45) is 5.73 Å². The van der Waals surface area contributed by atoms with E-state index in [0.29, 0.717) is 0 Å². The first-order valence-electron chi connectivity index (χ1n) is 4.22. The van der Waals surface area contributed by atoms with E-state index in [1.165, 1.54) is 0 Å². The number of halogens is 1. The van der Waals surface area contributed by atoms with Gasteiger partial charge < -0.3 is 10.8 Å². The third-order valence-corrected chi connectivity index (χ3v) is 2.74. The maximum atomic E-state index is 8.99. The first-order chi connectivity index (χ1) is 6.74. The molecule has 2 heterocycles. The highest BCUT2D eigenvalue weighted by atomic mass is 79.9. The van der Waals surface area contributed by atoms with Crippen molar-refractivity contribution in [2.45, 2.75) is 6.04 Å². The summed E-state index contributed by atoms with van der Waals surface area (Å²) >= 11 is 3.32. The van der Waals surface area contributed by atoms with Gasteiger partial charge >= 0.3 is 0 Å². The van der Waals surface area contributed by atoms with E-state index in [2.05, 4.69) is 20.9 Å². The maximum Gasteiger partial charge on any atom is 0.181 e. The Morgan fingerprint density at radius 2 is 2.43 bits per heavy atom. The monoisotopic (exact) mass is 255 g/mol. The van der Waals surface area contributed by atoms with Crippen LogP contribution in [0.1, 0.15) is 11.6 Å². The van der Waals surface area contributed by atoms with E-state index < -0.39 is 0 Å². The topological polar surface area (TPSA) is 63.5 Å². The third-order valence-electron chi connectivity index (χ3n) is 2.15. The van der Waals surface area contributed by atoms with E-state index in [-0.39, 0.29) is 12.6 Å². The summed E-state index contributed by atoms with van der Waals surface area (Å²) in [6.45, 7) is -0.0670. The minimum Gasteiger partial charge on any atom is -0.394 e. The van der Waals surface area contributed by atoms with Crippen LogP contribution in [0.3, 0.4) is 0 Å². The van der Waals surface area contributed by atoms with Crippen molar-refractivity contribution in [1.29, 1.82) is 0 Å². The minimum absolute atomic E-state index is 0.0670. The number of aliphatic hydroxyl groups excluding tert-OH is 1. The van der Waals surface area contributed by atoms with Crippen LogP contribution in [0, 0.1) is 0 Å². The summed E-state index contributed by atoms with van der Waals surface area (Å²) in [5.74, 6) is 0. The number of imidazole rings is 1. The second kappa shape index (κ2) is 3.68. The van der Waals surface area contributed by atoms with E-state index in [1.54, 1.807) is 6.20 Å². The Balaban J connectivity index is 2.65. The standard InChI is InChI=1S/C9H10BrN3O/c10-9-12-4-8-6(7(11)5-14)2-1-3-13(8)9/h1-4,7,14H,5,11H2. The lowest BCUT2D eigenvalue weighted by molar-refractivity contribution is 0.268. The number of aliphatic hydroxyl groups is 1. The van der Waals surface area contributed by atoms with Gasteiger partial charge in [-0.25, -0.2) is 4.98 Å². The molecule has 0 radical (unpaired) electrons. The molecule has 74 valence electrons. The van der Waals surface area contributed by atoms with E-state index in [1.807, 2.05) is 22.7 Å². The van der Waals surface area contributed by atoms with E-state index >= 15 is 0 Å².